The topological polar surface area (TPSA) is 96.8 Å². The molecule has 0 spiro atoms. The summed E-state index contributed by atoms with van der Waals surface area (Å²) in [5, 5.41) is 12.7. The Labute approximate surface area is 175 Å². The summed E-state index contributed by atoms with van der Waals surface area (Å²) in [6.07, 6.45) is -3.62. The van der Waals surface area contributed by atoms with Crippen LogP contribution in [0.3, 0.4) is 0 Å². The highest BCUT2D eigenvalue weighted by Gasteiger charge is 2.35. The number of nitrogens with zero attached hydrogens (tertiary/aromatic N) is 4. The second kappa shape index (κ2) is 7.56. The normalized spacial score (nSPS) is 13.2. The first-order valence-corrected chi connectivity index (χ1v) is 9.49. The molecule has 162 valence electrons. The molecule has 2 aromatic heterocycles. The second-order valence-corrected chi connectivity index (χ2v) is 7.30. The van der Waals surface area contributed by atoms with Crippen LogP contribution in [0.5, 0.6) is 0 Å². The monoisotopic (exact) mass is 431 g/mol. The number of anilines is 4. The van der Waals surface area contributed by atoms with Crippen molar-refractivity contribution < 1.29 is 18.0 Å². The number of amides is 1. The summed E-state index contributed by atoms with van der Waals surface area (Å²) in [5.74, 6) is -0.427. The van der Waals surface area contributed by atoms with E-state index >= 15 is 0 Å². The van der Waals surface area contributed by atoms with Crippen molar-refractivity contribution in [2.24, 2.45) is 7.05 Å². The van der Waals surface area contributed by atoms with Gasteiger partial charge in [-0.15, -0.1) is 0 Å². The van der Waals surface area contributed by atoms with E-state index in [2.05, 4.69) is 31.0 Å². The molecule has 0 saturated carbocycles. The van der Waals surface area contributed by atoms with Crippen molar-refractivity contribution in [3.63, 3.8) is 0 Å². The number of halogens is 3. The zero-order valence-electron chi connectivity index (χ0n) is 17.1. The summed E-state index contributed by atoms with van der Waals surface area (Å²) in [5.41, 5.74) is 3.51. The van der Waals surface area contributed by atoms with E-state index in [0.717, 1.165) is 28.7 Å². The summed E-state index contributed by atoms with van der Waals surface area (Å²) < 4.78 is 42.1. The van der Waals surface area contributed by atoms with E-state index in [0.29, 0.717) is 11.4 Å². The van der Waals surface area contributed by atoms with Crippen LogP contribution in [0, 0.1) is 13.8 Å². The van der Waals surface area contributed by atoms with Gasteiger partial charge >= 0.3 is 6.18 Å². The van der Waals surface area contributed by atoms with Crippen LogP contribution in [0.2, 0.25) is 0 Å². The van der Waals surface area contributed by atoms with Crippen LogP contribution in [0.25, 0.3) is 0 Å². The number of aryl methyl sites for hydroxylation is 2. The Kier molecular flexibility index (Phi) is 5.03. The number of carbonyl (C=O) groups excluding carboxylic acids is 1. The third kappa shape index (κ3) is 4.16. The number of hydrogen-bond donors (Lipinski definition) is 3. The van der Waals surface area contributed by atoms with Crippen LogP contribution < -0.4 is 16.0 Å². The Bertz CT molecular complexity index is 1170. The molecule has 0 unspecified atom stereocenters. The molecule has 0 aliphatic carbocycles. The molecule has 3 heterocycles. The van der Waals surface area contributed by atoms with Crippen molar-refractivity contribution in [1.29, 1.82) is 0 Å². The first-order chi connectivity index (χ1) is 14.6. The molecule has 4 rings (SSSR count). The van der Waals surface area contributed by atoms with Gasteiger partial charge in [-0.2, -0.15) is 23.3 Å². The van der Waals surface area contributed by atoms with E-state index in [1.165, 1.54) is 0 Å². The minimum absolute atomic E-state index is 0.00682. The highest BCUT2D eigenvalue weighted by molar-refractivity contribution is 5.99. The van der Waals surface area contributed by atoms with Gasteiger partial charge in [-0.25, -0.2) is 4.98 Å². The van der Waals surface area contributed by atoms with E-state index in [4.69, 9.17) is 0 Å². The minimum atomic E-state index is -4.61. The molecule has 3 aromatic rings. The summed E-state index contributed by atoms with van der Waals surface area (Å²) >= 11 is 0. The largest absolute Gasteiger partial charge is 0.421 e. The van der Waals surface area contributed by atoms with Gasteiger partial charge in [0.05, 0.1) is 12.1 Å². The lowest BCUT2D eigenvalue weighted by Gasteiger charge is -2.15. The molecule has 1 amide bonds. The molecule has 1 aliphatic heterocycles. The number of carbonyl (C=O) groups is 1. The van der Waals surface area contributed by atoms with Crippen LogP contribution >= 0.6 is 0 Å². The molecular formula is C20H20F3N7O. The zero-order chi connectivity index (χ0) is 22.3. The Hall–Kier alpha value is -3.63. The number of hydrogen-bond acceptors (Lipinski definition) is 6. The molecule has 0 bridgehead atoms. The molecule has 31 heavy (non-hydrogen) atoms. The first-order valence-electron chi connectivity index (χ1n) is 9.49. The van der Waals surface area contributed by atoms with Gasteiger partial charge in [0, 0.05) is 42.4 Å². The molecule has 1 aliphatic rings. The van der Waals surface area contributed by atoms with Gasteiger partial charge in [-0.3, -0.25) is 9.48 Å². The van der Waals surface area contributed by atoms with Gasteiger partial charge < -0.3 is 16.0 Å². The van der Waals surface area contributed by atoms with Gasteiger partial charge in [-0.05, 0) is 37.6 Å². The van der Waals surface area contributed by atoms with Gasteiger partial charge in [0.15, 0.2) is 0 Å². The summed E-state index contributed by atoms with van der Waals surface area (Å²) in [4.78, 5) is 19.4. The molecule has 3 N–H and O–H groups in total. The third-order valence-electron chi connectivity index (χ3n) is 5.17. The van der Waals surface area contributed by atoms with E-state index in [-0.39, 0.29) is 30.6 Å². The average molecular weight is 431 g/mol. The number of aromatic nitrogens is 4. The van der Waals surface area contributed by atoms with Gasteiger partial charge in [0.1, 0.15) is 11.4 Å². The van der Waals surface area contributed by atoms with Crippen molar-refractivity contribution in [2.45, 2.75) is 33.0 Å². The first kappa shape index (κ1) is 20.6. The lowest BCUT2D eigenvalue weighted by molar-refractivity contribution is -0.137. The van der Waals surface area contributed by atoms with Crippen LogP contribution in [0.4, 0.5) is 36.3 Å². The van der Waals surface area contributed by atoms with E-state index in [9.17, 15) is 18.0 Å². The predicted octanol–water partition coefficient (Wildman–Crippen LogP) is 3.70. The van der Waals surface area contributed by atoms with Gasteiger partial charge in [0.2, 0.25) is 11.9 Å². The third-order valence-corrected chi connectivity index (χ3v) is 5.17. The molecular weight excluding hydrogens is 411 g/mol. The standard InChI is InChI=1S/C20H20F3N7O/c1-10-14(11(2)30(3)29-10)8-24-18-15(20(21,22)23)9-25-19(28-18)26-13-4-5-16-12(6-13)7-17(31)27-16/h4-6,9H,7-8H2,1-3H3,(H,27,31)(H2,24,25,26,28). The lowest BCUT2D eigenvalue weighted by Crippen LogP contribution is -2.15. The lowest BCUT2D eigenvalue weighted by atomic mass is 10.1. The number of fused-ring (bicyclic) bond motifs is 1. The zero-order valence-corrected chi connectivity index (χ0v) is 17.1. The molecule has 0 fully saturated rings. The quantitative estimate of drug-likeness (QED) is 0.570. The molecule has 0 radical (unpaired) electrons. The summed E-state index contributed by atoms with van der Waals surface area (Å²) in [6.45, 7) is 3.79. The van der Waals surface area contributed by atoms with Crippen molar-refractivity contribution in [3.8, 4) is 0 Å². The van der Waals surface area contributed by atoms with Crippen LogP contribution in [0.1, 0.15) is 28.1 Å². The van der Waals surface area contributed by atoms with E-state index in [1.807, 2.05) is 6.92 Å². The summed E-state index contributed by atoms with van der Waals surface area (Å²) in [7, 11) is 1.78. The highest BCUT2D eigenvalue weighted by atomic mass is 19.4. The molecule has 1 aromatic carbocycles. The Morgan fingerprint density at radius 3 is 2.71 bits per heavy atom. The van der Waals surface area contributed by atoms with Crippen LogP contribution in [-0.4, -0.2) is 25.7 Å². The van der Waals surface area contributed by atoms with Crippen molar-refractivity contribution in [1.82, 2.24) is 19.7 Å². The Morgan fingerprint density at radius 1 is 1.26 bits per heavy atom. The second-order valence-electron chi connectivity index (χ2n) is 7.30. The molecule has 0 saturated heterocycles. The predicted molar refractivity (Wildman–Crippen MR) is 109 cm³/mol. The van der Waals surface area contributed by atoms with Crippen molar-refractivity contribution >= 4 is 29.0 Å². The maximum Gasteiger partial charge on any atom is 0.421 e. The van der Waals surface area contributed by atoms with Gasteiger partial charge in [0.25, 0.3) is 0 Å². The number of benzene rings is 1. The summed E-state index contributed by atoms with van der Waals surface area (Å²) in [6, 6.07) is 5.16. The fourth-order valence-electron chi connectivity index (χ4n) is 3.47. The van der Waals surface area contributed by atoms with Crippen LogP contribution in [-0.2, 0) is 31.0 Å². The van der Waals surface area contributed by atoms with Crippen molar-refractivity contribution in [3.05, 3.63) is 52.5 Å². The van der Waals surface area contributed by atoms with Gasteiger partial charge in [-0.1, -0.05) is 0 Å². The van der Waals surface area contributed by atoms with Crippen molar-refractivity contribution in [2.75, 3.05) is 16.0 Å². The number of nitrogens with one attached hydrogen (secondary N) is 3. The Balaban J connectivity index is 1.60. The minimum Gasteiger partial charge on any atom is -0.365 e. The number of alkyl halides is 3. The Morgan fingerprint density at radius 2 is 2.03 bits per heavy atom. The van der Waals surface area contributed by atoms with E-state index in [1.54, 1.807) is 36.9 Å². The SMILES string of the molecule is Cc1nn(C)c(C)c1CNc1nc(Nc2ccc3c(c2)CC(=O)N3)ncc1C(F)(F)F. The fourth-order valence-corrected chi connectivity index (χ4v) is 3.47. The van der Waals surface area contributed by atoms with Crippen LogP contribution in [0.15, 0.2) is 24.4 Å². The molecule has 8 nitrogen and oxygen atoms in total. The highest BCUT2D eigenvalue weighted by Crippen LogP contribution is 2.35. The van der Waals surface area contributed by atoms with E-state index < -0.39 is 11.7 Å². The number of rotatable bonds is 5. The molecule has 11 heteroatoms. The maximum absolute atomic E-state index is 13.5. The smallest absolute Gasteiger partial charge is 0.365 e. The average Bonchev–Trinajstić information content (AvgIpc) is 3.17. The molecule has 0 atom stereocenters. The maximum atomic E-state index is 13.5. The fraction of sp³-hybridized carbons (Fsp3) is 0.300.